The van der Waals surface area contributed by atoms with Crippen LogP contribution in [0.15, 0.2) is 66.3 Å². The number of benzene rings is 1. The highest BCUT2D eigenvalue weighted by atomic mass is 32.1. The third kappa shape index (κ3) is 4.14. The molecule has 6 nitrogen and oxygen atoms in total. The maximum atomic E-state index is 13.0. The second kappa shape index (κ2) is 9.68. The van der Waals surface area contributed by atoms with E-state index in [4.69, 9.17) is 4.74 Å². The minimum Gasteiger partial charge on any atom is -0.370 e. The first kappa shape index (κ1) is 22.7. The normalized spacial score (nSPS) is 20.8. The number of ether oxygens (including phenoxy) is 1. The van der Waals surface area contributed by atoms with Gasteiger partial charge in [0.15, 0.2) is 0 Å². The molecule has 176 valence electrons. The highest BCUT2D eigenvalue weighted by Crippen LogP contribution is 2.52. The van der Waals surface area contributed by atoms with Crippen molar-refractivity contribution in [1.82, 2.24) is 15.2 Å². The van der Waals surface area contributed by atoms with E-state index in [0.29, 0.717) is 26.1 Å². The molecule has 1 N–H and O–H groups in total. The summed E-state index contributed by atoms with van der Waals surface area (Å²) in [5, 5.41) is 5.18. The van der Waals surface area contributed by atoms with Crippen LogP contribution in [0.25, 0.3) is 0 Å². The fourth-order valence-electron chi connectivity index (χ4n) is 5.43. The van der Waals surface area contributed by atoms with Gasteiger partial charge in [-0.3, -0.25) is 14.6 Å². The summed E-state index contributed by atoms with van der Waals surface area (Å²) in [7, 11) is 0. The lowest BCUT2D eigenvalue weighted by atomic mass is 9.71. The Morgan fingerprint density at radius 1 is 1.15 bits per heavy atom. The van der Waals surface area contributed by atoms with Crippen LogP contribution >= 0.6 is 11.3 Å². The van der Waals surface area contributed by atoms with Crippen LogP contribution in [-0.4, -0.2) is 40.9 Å². The number of nitrogens with one attached hydrogen (secondary N) is 1. The first-order valence-electron chi connectivity index (χ1n) is 11.8. The minimum absolute atomic E-state index is 0.0112. The largest absolute Gasteiger partial charge is 0.370 e. The van der Waals surface area contributed by atoms with E-state index in [0.717, 1.165) is 28.8 Å². The highest BCUT2D eigenvalue weighted by Gasteiger charge is 2.54. The van der Waals surface area contributed by atoms with Gasteiger partial charge in [-0.15, -0.1) is 11.3 Å². The number of aromatic nitrogens is 1. The average molecular weight is 476 g/mol. The van der Waals surface area contributed by atoms with Crippen molar-refractivity contribution in [3.05, 3.63) is 87.9 Å². The molecule has 2 atom stereocenters. The van der Waals surface area contributed by atoms with Crippen molar-refractivity contribution < 1.29 is 14.3 Å². The van der Waals surface area contributed by atoms with Crippen molar-refractivity contribution in [2.75, 3.05) is 13.1 Å². The molecule has 1 saturated heterocycles. The van der Waals surface area contributed by atoms with Gasteiger partial charge in [-0.1, -0.05) is 43.3 Å². The Balaban J connectivity index is 1.45. The maximum absolute atomic E-state index is 13.0. The lowest BCUT2D eigenvalue weighted by Crippen LogP contribution is -2.51. The second-order valence-corrected chi connectivity index (χ2v) is 9.95. The van der Waals surface area contributed by atoms with Crippen LogP contribution in [0.4, 0.5) is 0 Å². The van der Waals surface area contributed by atoms with E-state index in [1.807, 2.05) is 53.7 Å². The van der Waals surface area contributed by atoms with Crippen LogP contribution in [0.2, 0.25) is 0 Å². The highest BCUT2D eigenvalue weighted by molar-refractivity contribution is 7.12. The third-order valence-corrected chi connectivity index (χ3v) is 8.00. The Morgan fingerprint density at radius 2 is 1.97 bits per heavy atom. The van der Waals surface area contributed by atoms with Crippen molar-refractivity contribution in [2.45, 2.75) is 50.4 Å². The molecule has 1 aliphatic carbocycles. The Morgan fingerprint density at radius 3 is 2.68 bits per heavy atom. The van der Waals surface area contributed by atoms with Crippen LogP contribution in [0.1, 0.15) is 58.6 Å². The molecule has 1 fully saturated rings. The first-order valence-corrected chi connectivity index (χ1v) is 12.7. The molecule has 1 spiro atoms. The summed E-state index contributed by atoms with van der Waals surface area (Å²) in [6.07, 6.45) is 5.34. The third-order valence-electron chi connectivity index (χ3n) is 7.14. The summed E-state index contributed by atoms with van der Waals surface area (Å²) in [6.45, 7) is 3.61. The van der Waals surface area contributed by atoms with Gasteiger partial charge >= 0.3 is 0 Å². The molecule has 1 aromatic carbocycles. The quantitative estimate of drug-likeness (QED) is 0.571. The van der Waals surface area contributed by atoms with E-state index in [1.54, 1.807) is 6.20 Å². The van der Waals surface area contributed by atoms with Crippen molar-refractivity contribution in [1.29, 1.82) is 0 Å². The molecule has 2 amide bonds. The number of pyridine rings is 1. The number of rotatable bonds is 6. The molecule has 3 heterocycles. The monoisotopic (exact) mass is 475 g/mol. The number of fused-ring (bicyclic) bond motifs is 2. The van der Waals surface area contributed by atoms with E-state index < -0.39 is 0 Å². The molecular weight excluding hydrogens is 446 g/mol. The summed E-state index contributed by atoms with van der Waals surface area (Å²) in [5.41, 5.74) is 3.09. The van der Waals surface area contributed by atoms with Crippen LogP contribution in [0.5, 0.6) is 0 Å². The van der Waals surface area contributed by atoms with Gasteiger partial charge in [0.2, 0.25) is 5.91 Å². The van der Waals surface area contributed by atoms with Gasteiger partial charge in [0.05, 0.1) is 23.6 Å². The van der Waals surface area contributed by atoms with E-state index in [-0.39, 0.29) is 29.4 Å². The minimum atomic E-state index is -0.267. The Hall–Kier alpha value is -3.03. The van der Waals surface area contributed by atoms with E-state index in [1.165, 1.54) is 16.9 Å². The summed E-state index contributed by atoms with van der Waals surface area (Å²) in [5.74, 6) is 0.108. The fourth-order valence-corrected chi connectivity index (χ4v) is 6.12. The predicted molar refractivity (Wildman–Crippen MR) is 132 cm³/mol. The molecule has 0 unspecified atom stereocenters. The van der Waals surface area contributed by atoms with Crippen LogP contribution in [0, 0.1) is 0 Å². The summed E-state index contributed by atoms with van der Waals surface area (Å²) in [6, 6.07) is 15.9. The zero-order valence-corrected chi connectivity index (χ0v) is 20.1. The number of carbonyl (C=O) groups excluding carboxylic acids is 2. The molecule has 0 radical (unpaired) electrons. The molecule has 0 saturated carbocycles. The van der Waals surface area contributed by atoms with Gasteiger partial charge in [-0.2, -0.15) is 0 Å². The van der Waals surface area contributed by atoms with Crippen LogP contribution < -0.4 is 5.32 Å². The molecule has 2 aromatic heterocycles. The second-order valence-electron chi connectivity index (χ2n) is 9.00. The molecule has 5 rings (SSSR count). The first-order chi connectivity index (χ1) is 16.6. The van der Waals surface area contributed by atoms with Gasteiger partial charge in [-0.25, -0.2) is 0 Å². The van der Waals surface area contributed by atoms with Gasteiger partial charge in [0.25, 0.3) is 5.91 Å². The van der Waals surface area contributed by atoms with E-state index in [2.05, 4.69) is 28.5 Å². The SMILES string of the molecule is CCC(=O)N[C@H]1c2ccccc2C2(CCN(C(=O)c3cccs3)CC2)[C@@H]1OCc1cccnc1. The number of hydrogen-bond acceptors (Lipinski definition) is 5. The summed E-state index contributed by atoms with van der Waals surface area (Å²) < 4.78 is 6.63. The van der Waals surface area contributed by atoms with Gasteiger partial charge < -0.3 is 15.0 Å². The molecule has 0 bridgehead atoms. The molecule has 34 heavy (non-hydrogen) atoms. The Bertz CT molecular complexity index is 1140. The van der Waals surface area contributed by atoms with Crippen LogP contribution in [-0.2, 0) is 21.6 Å². The summed E-state index contributed by atoms with van der Waals surface area (Å²) in [4.78, 5) is 32.5. The average Bonchev–Trinajstić information content (AvgIpc) is 3.50. The van der Waals surface area contributed by atoms with E-state index in [9.17, 15) is 9.59 Å². The topological polar surface area (TPSA) is 71.5 Å². The predicted octanol–water partition coefficient (Wildman–Crippen LogP) is 4.48. The fraction of sp³-hybridized carbons (Fsp3) is 0.370. The Kier molecular flexibility index (Phi) is 6.48. The number of likely N-dealkylation sites (tertiary alicyclic amines) is 1. The zero-order valence-electron chi connectivity index (χ0n) is 19.3. The van der Waals surface area contributed by atoms with Crippen molar-refractivity contribution >= 4 is 23.2 Å². The standard InChI is InChI=1S/C27H29N3O3S/c1-2-23(31)29-24-20-8-3-4-9-21(20)27(25(24)33-18-19-7-5-13-28-17-19)11-14-30(15-12-27)26(32)22-10-6-16-34-22/h3-10,13,16-17,24-25H,2,11-12,14-15,18H2,1H3,(H,29,31)/t24-,25+/m0/s1. The van der Waals surface area contributed by atoms with Crippen LogP contribution in [0.3, 0.4) is 0 Å². The molecule has 2 aliphatic rings. The number of amides is 2. The van der Waals surface area contributed by atoms with Gasteiger partial charge in [0, 0.05) is 37.3 Å². The number of thiophene rings is 1. The summed E-state index contributed by atoms with van der Waals surface area (Å²) >= 11 is 1.48. The number of nitrogens with zero attached hydrogens (tertiary/aromatic N) is 2. The number of piperidine rings is 1. The maximum Gasteiger partial charge on any atom is 0.263 e. The molecular formula is C27H29N3O3S. The van der Waals surface area contributed by atoms with Gasteiger partial charge in [-0.05, 0) is 47.0 Å². The smallest absolute Gasteiger partial charge is 0.263 e. The molecule has 1 aliphatic heterocycles. The van der Waals surface area contributed by atoms with Gasteiger partial charge in [0.1, 0.15) is 0 Å². The number of hydrogen-bond donors (Lipinski definition) is 1. The number of carbonyl (C=O) groups is 2. The zero-order chi connectivity index (χ0) is 23.5. The van der Waals surface area contributed by atoms with E-state index >= 15 is 0 Å². The van der Waals surface area contributed by atoms with Crippen molar-refractivity contribution in [3.8, 4) is 0 Å². The van der Waals surface area contributed by atoms with Crippen molar-refractivity contribution in [3.63, 3.8) is 0 Å². The lowest BCUT2D eigenvalue weighted by molar-refractivity contribution is -0.123. The Labute approximate surface area is 204 Å². The molecule has 7 heteroatoms. The lowest BCUT2D eigenvalue weighted by Gasteiger charge is -2.44. The van der Waals surface area contributed by atoms with Crippen molar-refractivity contribution in [2.24, 2.45) is 0 Å². The molecule has 3 aromatic rings.